The first-order chi connectivity index (χ1) is 13.1. The molecule has 0 aliphatic carbocycles. The van der Waals surface area contributed by atoms with E-state index >= 15 is 0 Å². The van der Waals surface area contributed by atoms with Gasteiger partial charge in [0, 0.05) is 12.2 Å². The van der Waals surface area contributed by atoms with Crippen molar-refractivity contribution in [3.05, 3.63) is 53.1 Å². The summed E-state index contributed by atoms with van der Waals surface area (Å²) in [5.41, 5.74) is 10.2. The van der Waals surface area contributed by atoms with Crippen molar-refractivity contribution < 1.29 is 19.0 Å². The number of benzene rings is 2. The van der Waals surface area contributed by atoms with Crippen molar-refractivity contribution in [2.45, 2.75) is 19.4 Å². The predicted octanol–water partition coefficient (Wildman–Crippen LogP) is 2.80. The van der Waals surface area contributed by atoms with E-state index in [1.54, 1.807) is 14.2 Å². The highest BCUT2D eigenvalue weighted by molar-refractivity contribution is 5.72. The average Bonchev–Trinajstić information content (AvgIpc) is 2.67. The van der Waals surface area contributed by atoms with Gasteiger partial charge < -0.3 is 19.9 Å². The fraction of sp³-hybridized carbons (Fsp3) is 0.381. The van der Waals surface area contributed by atoms with Crippen LogP contribution in [0.5, 0.6) is 11.5 Å². The van der Waals surface area contributed by atoms with Crippen molar-refractivity contribution in [1.82, 2.24) is 4.90 Å². The lowest BCUT2D eigenvalue weighted by Gasteiger charge is -2.38. The summed E-state index contributed by atoms with van der Waals surface area (Å²) in [6.45, 7) is 3.11. The van der Waals surface area contributed by atoms with Crippen molar-refractivity contribution >= 4 is 11.7 Å². The number of ether oxygens (including phenoxy) is 3. The van der Waals surface area contributed by atoms with E-state index in [1.165, 1.54) is 5.56 Å². The zero-order chi connectivity index (χ0) is 19.4. The first-order valence-electron chi connectivity index (χ1n) is 9.07. The topological polar surface area (TPSA) is 74.0 Å². The number of fused-ring (bicyclic) bond motifs is 1. The molecule has 3 rings (SSSR count). The summed E-state index contributed by atoms with van der Waals surface area (Å²) < 4.78 is 16.1. The van der Waals surface area contributed by atoms with Crippen molar-refractivity contribution in [2.24, 2.45) is 0 Å². The molecule has 0 radical (unpaired) electrons. The molecule has 0 spiro atoms. The number of esters is 1. The third kappa shape index (κ3) is 3.85. The SMILES string of the molecule is CCOC(=O)CN1CCc2cc(OC)c(OC)cc2[C@H]1c1ccccc1N. The molecular weight excluding hydrogens is 344 g/mol. The number of anilines is 1. The van der Waals surface area contributed by atoms with Gasteiger partial charge in [0.05, 0.1) is 33.4 Å². The Labute approximate surface area is 159 Å². The smallest absolute Gasteiger partial charge is 0.320 e. The minimum atomic E-state index is -0.235. The quantitative estimate of drug-likeness (QED) is 0.623. The summed E-state index contributed by atoms with van der Waals surface area (Å²) in [7, 11) is 3.25. The van der Waals surface area contributed by atoms with Crippen LogP contribution < -0.4 is 15.2 Å². The molecule has 2 aromatic rings. The lowest BCUT2D eigenvalue weighted by atomic mass is 9.87. The van der Waals surface area contributed by atoms with E-state index in [0.29, 0.717) is 23.8 Å². The summed E-state index contributed by atoms with van der Waals surface area (Å²) >= 11 is 0. The Morgan fingerprint density at radius 3 is 2.52 bits per heavy atom. The van der Waals surface area contributed by atoms with E-state index in [-0.39, 0.29) is 18.6 Å². The number of carbonyl (C=O) groups is 1. The van der Waals surface area contributed by atoms with Crippen molar-refractivity contribution in [3.63, 3.8) is 0 Å². The van der Waals surface area contributed by atoms with Gasteiger partial charge in [-0.25, -0.2) is 0 Å². The molecular formula is C21H26N2O4. The van der Waals surface area contributed by atoms with Gasteiger partial charge in [-0.15, -0.1) is 0 Å². The number of nitrogens with zero attached hydrogens (tertiary/aromatic N) is 1. The molecule has 1 atom stereocenters. The molecule has 0 saturated heterocycles. The van der Waals surface area contributed by atoms with Crippen LogP contribution in [0.2, 0.25) is 0 Å². The Kier molecular flexibility index (Phi) is 5.86. The molecule has 0 saturated carbocycles. The van der Waals surface area contributed by atoms with Crippen LogP contribution in [0, 0.1) is 0 Å². The maximum absolute atomic E-state index is 12.2. The van der Waals surface area contributed by atoms with Gasteiger partial charge in [0.25, 0.3) is 0 Å². The second-order valence-corrected chi connectivity index (χ2v) is 6.46. The molecule has 2 N–H and O–H groups in total. The fourth-order valence-corrected chi connectivity index (χ4v) is 3.66. The van der Waals surface area contributed by atoms with Crippen LogP contribution >= 0.6 is 0 Å². The molecule has 2 aromatic carbocycles. The van der Waals surface area contributed by atoms with E-state index in [0.717, 1.165) is 24.1 Å². The molecule has 0 aromatic heterocycles. The highest BCUT2D eigenvalue weighted by atomic mass is 16.5. The minimum absolute atomic E-state index is 0.154. The molecule has 27 heavy (non-hydrogen) atoms. The van der Waals surface area contributed by atoms with Crippen LogP contribution in [0.1, 0.15) is 29.7 Å². The summed E-state index contributed by atoms with van der Waals surface area (Å²) in [6, 6.07) is 11.6. The van der Waals surface area contributed by atoms with Crippen LogP contribution in [-0.4, -0.2) is 44.8 Å². The van der Waals surface area contributed by atoms with Gasteiger partial charge in [-0.2, -0.15) is 0 Å². The summed E-state index contributed by atoms with van der Waals surface area (Å²) in [5.74, 6) is 1.13. The summed E-state index contributed by atoms with van der Waals surface area (Å²) in [4.78, 5) is 14.3. The van der Waals surface area contributed by atoms with Crippen LogP contribution in [0.3, 0.4) is 0 Å². The number of hydrogen-bond acceptors (Lipinski definition) is 6. The standard InChI is InChI=1S/C21H26N2O4/c1-4-27-20(24)13-23-10-9-14-11-18(25-2)19(26-3)12-16(14)21(23)15-7-5-6-8-17(15)22/h5-8,11-12,21H,4,9-10,13,22H2,1-3H3/t21-/m1/s1. The molecule has 1 aliphatic heterocycles. The Bertz CT molecular complexity index is 822. The normalized spacial score (nSPS) is 16.5. The maximum Gasteiger partial charge on any atom is 0.320 e. The molecule has 0 fully saturated rings. The Morgan fingerprint density at radius 2 is 1.85 bits per heavy atom. The molecule has 144 valence electrons. The van der Waals surface area contributed by atoms with E-state index in [4.69, 9.17) is 19.9 Å². The molecule has 0 unspecified atom stereocenters. The molecule has 0 bridgehead atoms. The number of hydrogen-bond donors (Lipinski definition) is 1. The van der Waals surface area contributed by atoms with E-state index < -0.39 is 0 Å². The second kappa shape index (κ2) is 8.31. The first-order valence-corrected chi connectivity index (χ1v) is 9.07. The fourth-order valence-electron chi connectivity index (χ4n) is 3.66. The lowest BCUT2D eigenvalue weighted by Crippen LogP contribution is -2.40. The third-order valence-electron chi connectivity index (χ3n) is 4.90. The van der Waals surface area contributed by atoms with Crippen molar-refractivity contribution in [1.29, 1.82) is 0 Å². The zero-order valence-electron chi connectivity index (χ0n) is 16.0. The maximum atomic E-state index is 12.2. The van der Waals surface area contributed by atoms with E-state index in [9.17, 15) is 4.79 Å². The highest BCUT2D eigenvalue weighted by Crippen LogP contribution is 2.42. The van der Waals surface area contributed by atoms with Gasteiger partial charge in [0.15, 0.2) is 11.5 Å². The number of methoxy groups -OCH3 is 2. The first kappa shape index (κ1) is 19.0. The average molecular weight is 370 g/mol. The minimum Gasteiger partial charge on any atom is -0.493 e. The van der Waals surface area contributed by atoms with Crippen molar-refractivity contribution in [2.75, 3.05) is 39.6 Å². The van der Waals surface area contributed by atoms with Crippen molar-refractivity contribution in [3.8, 4) is 11.5 Å². The highest BCUT2D eigenvalue weighted by Gasteiger charge is 2.32. The Hall–Kier alpha value is -2.73. The monoisotopic (exact) mass is 370 g/mol. The zero-order valence-corrected chi connectivity index (χ0v) is 16.0. The number of para-hydroxylation sites is 1. The number of nitrogens with two attached hydrogens (primary N) is 1. The van der Waals surface area contributed by atoms with Crippen LogP contribution in [0.4, 0.5) is 5.69 Å². The summed E-state index contributed by atoms with van der Waals surface area (Å²) in [5, 5.41) is 0. The largest absolute Gasteiger partial charge is 0.493 e. The third-order valence-corrected chi connectivity index (χ3v) is 4.90. The van der Waals surface area contributed by atoms with Crippen LogP contribution in [0.25, 0.3) is 0 Å². The lowest BCUT2D eigenvalue weighted by molar-refractivity contribution is -0.145. The number of carbonyl (C=O) groups excluding carboxylic acids is 1. The predicted molar refractivity (Wildman–Crippen MR) is 104 cm³/mol. The number of rotatable bonds is 6. The van der Waals surface area contributed by atoms with Gasteiger partial charge in [0.2, 0.25) is 0 Å². The molecule has 1 aliphatic rings. The van der Waals surface area contributed by atoms with Gasteiger partial charge in [-0.05, 0) is 48.2 Å². The Morgan fingerprint density at radius 1 is 1.15 bits per heavy atom. The summed E-state index contributed by atoms with van der Waals surface area (Å²) in [6.07, 6.45) is 0.804. The molecule has 6 nitrogen and oxygen atoms in total. The van der Waals surface area contributed by atoms with E-state index in [2.05, 4.69) is 4.90 Å². The molecule has 0 amide bonds. The molecule has 6 heteroatoms. The van der Waals surface area contributed by atoms with Crippen LogP contribution in [-0.2, 0) is 16.0 Å². The van der Waals surface area contributed by atoms with Gasteiger partial charge in [0.1, 0.15) is 0 Å². The van der Waals surface area contributed by atoms with Gasteiger partial charge in [-0.3, -0.25) is 9.69 Å². The van der Waals surface area contributed by atoms with Gasteiger partial charge >= 0.3 is 5.97 Å². The van der Waals surface area contributed by atoms with Gasteiger partial charge in [-0.1, -0.05) is 18.2 Å². The number of nitrogen functional groups attached to an aromatic ring is 1. The molecule has 1 heterocycles. The van der Waals surface area contributed by atoms with E-state index in [1.807, 2.05) is 43.3 Å². The Balaban J connectivity index is 2.09. The second-order valence-electron chi connectivity index (χ2n) is 6.46. The van der Waals surface area contributed by atoms with Crippen LogP contribution in [0.15, 0.2) is 36.4 Å².